The zero-order chi connectivity index (χ0) is 21.0. The van der Waals surface area contributed by atoms with Crippen molar-refractivity contribution in [2.24, 2.45) is 0 Å². The summed E-state index contributed by atoms with van der Waals surface area (Å²) in [4.78, 5) is 27.1. The summed E-state index contributed by atoms with van der Waals surface area (Å²) in [6, 6.07) is 15.1. The molecule has 2 aromatic rings. The van der Waals surface area contributed by atoms with Gasteiger partial charge < -0.3 is 14.4 Å². The van der Waals surface area contributed by atoms with Crippen molar-refractivity contribution < 1.29 is 19.1 Å². The van der Waals surface area contributed by atoms with E-state index in [9.17, 15) is 9.59 Å². The van der Waals surface area contributed by atoms with Crippen LogP contribution in [0.2, 0.25) is 0 Å². The van der Waals surface area contributed by atoms with Crippen LogP contribution in [0.15, 0.2) is 78.2 Å². The second-order valence-electron chi connectivity index (χ2n) is 6.65. The van der Waals surface area contributed by atoms with Crippen LogP contribution in [0.25, 0.3) is 6.08 Å². The number of aryl methyl sites for hydroxylation is 1. The lowest BCUT2D eigenvalue weighted by atomic mass is 10.1. The van der Waals surface area contributed by atoms with Gasteiger partial charge in [-0.25, -0.2) is 4.79 Å². The van der Waals surface area contributed by atoms with Crippen LogP contribution in [0.3, 0.4) is 0 Å². The quantitative estimate of drug-likeness (QED) is 0.316. The number of ketones is 1. The Hall–Kier alpha value is -3.60. The smallest absolute Gasteiger partial charge is 0.343 e. The molecule has 29 heavy (non-hydrogen) atoms. The molecule has 5 heteroatoms. The molecule has 0 saturated carbocycles. The Labute approximate surface area is 170 Å². The molecule has 0 unspecified atom stereocenters. The first-order chi connectivity index (χ1) is 14.0. The van der Waals surface area contributed by atoms with Crippen molar-refractivity contribution in [2.75, 3.05) is 18.6 Å². The van der Waals surface area contributed by atoms with Crippen molar-refractivity contribution in [1.82, 2.24) is 0 Å². The van der Waals surface area contributed by atoms with Gasteiger partial charge in [-0.15, -0.1) is 0 Å². The van der Waals surface area contributed by atoms with Crippen LogP contribution in [-0.4, -0.2) is 25.5 Å². The van der Waals surface area contributed by atoms with Crippen molar-refractivity contribution in [3.63, 3.8) is 0 Å². The van der Waals surface area contributed by atoms with Gasteiger partial charge in [0.1, 0.15) is 17.9 Å². The van der Waals surface area contributed by atoms with E-state index in [-0.39, 0.29) is 11.4 Å². The summed E-state index contributed by atoms with van der Waals surface area (Å²) < 4.78 is 10.3. The zero-order valence-corrected chi connectivity index (χ0v) is 16.8. The first-order valence-electron chi connectivity index (χ1n) is 9.22. The van der Waals surface area contributed by atoms with E-state index in [4.69, 9.17) is 9.47 Å². The number of benzene rings is 2. The van der Waals surface area contributed by atoms with Gasteiger partial charge in [-0.2, -0.15) is 0 Å². The largest absolute Gasteiger partial charge is 0.490 e. The molecule has 0 fully saturated rings. The van der Waals surface area contributed by atoms with E-state index in [0.29, 0.717) is 23.8 Å². The highest BCUT2D eigenvalue weighted by Crippen LogP contribution is 2.35. The van der Waals surface area contributed by atoms with Crippen molar-refractivity contribution in [3.05, 3.63) is 89.3 Å². The molecule has 0 spiro atoms. The number of esters is 1. The zero-order valence-electron chi connectivity index (χ0n) is 16.8. The molecule has 0 N–H and O–H groups in total. The Bertz CT molecular complexity index is 998. The lowest BCUT2D eigenvalue weighted by Gasteiger charge is -2.21. The molecule has 0 bridgehead atoms. The van der Waals surface area contributed by atoms with E-state index < -0.39 is 5.97 Å². The Morgan fingerprint density at radius 3 is 2.31 bits per heavy atom. The van der Waals surface area contributed by atoms with E-state index in [0.717, 1.165) is 16.8 Å². The van der Waals surface area contributed by atoms with Crippen LogP contribution < -0.4 is 9.64 Å². The van der Waals surface area contributed by atoms with Gasteiger partial charge in [-0.05, 0) is 49.8 Å². The first kappa shape index (κ1) is 20.1. The van der Waals surface area contributed by atoms with Gasteiger partial charge in [-0.3, -0.25) is 4.79 Å². The van der Waals surface area contributed by atoms with Crippen LogP contribution in [-0.2, 0) is 14.3 Å². The predicted molar refractivity (Wildman–Crippen MR) is 113 cm³/mol. The van der Waals surface area contributed by atoms with Gasteiger partial charge in [0.15, 0.2) is 0 Å². The van der Waals surface area contributed by atoms with Crippen LogP contribution in [0.4, 0.5) is 5.69 Å². The number of hydrogen-bond acceptors (Lipinski definition) is 5. The van der Waals surface area contributed by atoms with E-state index in [1.165, 1.54) is 7.11 Å². The predicted octanol–water partition coefficient (Wildman–Crippen LogP) is 4.44. The summed E-state index contributed by atoms with van der Waals surface area (Å²) in [6.07, 6.45) is 3.44. The molecule has 0 aliphatic carbocycles. The second-order valence-corrected chi connectivity index (χ2v) is 6.65. The molecule has 5 nitrogen and oxygen atoms in total. The topological polar surface area (TPSA) is 55.8 Å². The van der Waals surface area contributed by atoms with E-state index in [1.54, 1.807) is 24.0 Å². The highest BCUT2D eigenvalue weighted by atomic mass is 16.5. The number of ether oxygens (including phenoxy) is 2. The summed E-state index contributed by atoms with van der Waals surface area (Å²) in [5.74, 6) is -0.284. The molecule has 0 amide bonds. The van der Waals surface area contributed by atoms with Gasteiger partial charge >= 0.3 is 5.97 Å². The normalized spacial score (nSPS) is 15.1. The Morgan fingerprint density at radius 1 is 1.07 bits per heavy atom. The van der Waals surface area contributed by atoms with E-state index in [2.05, 4.69) is 6.58 Å². The summed E-state index contributed by atoms with van der Waals surface area (Å²) in [7, 11) is 1.27. The molecule has 1 aliphatic heterocycles. The number of Topliss-reactive ketones (excluding diaryl/α,β-unsaturated/α-hetero) is 1. The van der Waals surface area contributed by atoms with Gasteiger partial charge in [0.2, 0.25) is 5.78 Å². The summed E-state index contributed by atoms with van der Waals surface area (Å²) >= 11 is 0. The number of carbonyl (C=O) groups excluding carboxylic acids is 2. The molecule has 148 valence electrons. The fourth-order valence-corrected chi connectivity index (χ4v) is 3.16. The number of allylic oxidation sites excluding steroid dienone is 2. The van der Waals surface area contributed by atoms with Gasteiger partial charge in [0, 0.05) is 11.4 Å². The SMILES string of the molecule is C=CCOc1ccc(/C=C2\C(=O)C(C(=O)OC)=C(C)N2c2ccc(C)cc2)cc1. The lowest BCUT2D eigenvalue weighted by Crippen LogP contribution is -2.18. The molecule has 0 radical (unpaired) electrons. The Morgan fingerprint density at radius 2 is 1.72 bits per heavy atom. The maximum atomic E-state index is 13.1. The number of methoxy groups -OCH3 is 1. The second kappa shape index (κ2) is 8.61. The van der Waals surface area contributed by atoms with E-state index >= 15 is 0 Å². The van der Waals surface area contributed by atoms with Crippen LogP contribution in [0.5, 0.6) is 5.75 Å². The van der Waals surface area contributed by atoms with Gasteiger partial charge in [0.25, 0.3) is 0 Å². The van der Waals surface area contributed by atoms with Crippen molar-refractivity contribution in [3.8, 4) is 5.75 Å². The number of rotatable bonds is 6. The van der Waals surface area contributed by atoms with Gasteiger partial charge in [-0.1, -0.05) is 42.5 Å². The van der Waals surface area contributed by atoms with Crippen LogP contribution >= 0.6 is 0 Å². The molecule has 2 aromatic carbocycles. The lowest BCUT2D eigenvalue weighted by molar-refractivity contribution is -0.137. The average Bonchev–Trinajstić information content (AvgIpc) is 2.97. The molecule has 0 atom stereocenters. The number of anilines is 1. The molecule has 3 rings (SSSR count). The van der Waals surface area contributed by atoms with Gasteiger partial charge in [0.05, 0.1) is 12.8 Å². The molecular weight excluding hydrogens is 366 g/mol. The maximum absolute atomic E-state index is 13.1. The fourth-order valence-electron chi connectivity index (χ4n) is 3.16. The fraction of sp³-hybridized carbons (Fsp3) is 0.167. The number of nitrogens with zero attached hydrogens (tertiary/aromatic N) is 1. The Kier molecular flexibility index (Phi) is 5.98. The monoisotopic (exact) mass is 389 g/mol. The molecule has 0 aromatic heterocycles. The third kappa shape index (κ3) is 4.14. The highest BCUT2D eigenvalue weighted by molar-refractivity contribution is 6.30. The van der Waals surface area contributed by atoms with Crippen LogP contribution in [0, 0.1) is 6.92 Å². The third-order valence-electron chi connectivity index (χ3n) is 4.63. The molecular formula is C24H23NO4. The summed E-state index contributed by atoms with van der Waals surface area (Å²) in [5, 5.41) is 0. The average molecular weight is 389 g/mol. The number of carbonyl (C=O) groups is 2. The first-order valence-corrected chi connectivity index (χ1v) is 9.22. The summed E-state index contributed by atoms with van der Waals surface area (Å²) in [6.45, 7) is 7.79. The summed E-state index contributed by atoms with van der Waals surface area (Å²) in [5.41, 5.74) is 3.71. The van der Waals surface area contributed by atoms with E-state index in [1.807, 2.05) is 55.5 Å². The molecule has 0 saturated heterocycles. The maximum Gasteiger partial charge on any atom is 0.343 e. The Balaban J connectivity index is 2.03. The highest BCUT2D eigenvalue weighted by Gasteiger charge is 2.38. The van der Waals surface area contributed by atoms with Crippen molar-refractivity contribution >= 4 is 23.5 Å². The van der Waals surface area contributed by atoms with Crippen molar-refractivity contribution in [2.45, 2.75) is 13.8 Å². The molecule has 1 heterocycles. The molecule has 1 aliphatic rings. The standard InChI is InChI=1S/C24H23NO4/c1-5-14-29-20-12-8-18(9-13-20)15-21-23(26)22(24(27)28-4)17(3)25(21)19-10-6-16(2)7-11-19/h5-13,15H,1,14H2,2-4H3/b21-15+. The third-order valence-corrected chi connectivity index (χ3v) is 4.63. The minimum Gasteiger partial charge on any atom is -0.490 e. The minimum atomic E-state index is -0.638. The van der Waals surface area contributed by atoms with Crippen molar-refractivity contribution in [1.29, 1.82) is 0 Å². The minimum absolute atomic E-state index is 0.0465. The van der Waals surface area contributed by atoms with Crippen LogP contribution in [0.1, 0.15) is 18.1 Å². The number of hydrogen-bond donors (Lipinski definition) is 0.